The smallest absolute Gasteiger partial charge is 0.156 e. The fourth-order valence-electron chi connectivity index (χ4n) is 5.22. The number of carbonyl (C=O) groups is 1. The highest BCUT2D eigenvalue weighted by atomic mass is 16.1. The molecule has 0 saturated heterocycles. The van der Waals surface area contributed by atoms with Crippen molar-refractivity contribution in [2.45, 2.75) is 11.8 Å². The third kappa shape index (κ3) is 2.39. The third-order valence-electron chi connectivity index (χ3n) is 6.43. The molecule has 5 aromatic carbocycles. The van der Waals surface area contributed by atoms with Gasteiger partial charge in [0.2, 0.25) is 0 Å². The van der Waals surface area contributed by atoms with Crippen LogP contribution in [-0.2, 0) is 4.79 Å². The lowest BCUT2D eigenvalue weighted by molar-refractivity contribution is -0.119. The number of rotatable bonds is 2. The Morgan fingerprint density at radius 1 is 0.400 bits per heavy atom. The van der Waals surface area contributed by atoms with Gasteiger partial charge in [-0.25, -0.2) is 0 Å². The minimum atomic E-state index is -0.249. The summed E-state index contributed by atoms with van der Waals surface area (Å²) in [6.45, 7) is 0. The normalized spacial score (nSPS) is 18.1. The Morgan fingerprint density at radius 2 is 0.733 bits per heavy atom. The van der Waals surface area contributed by atoms with Crippen molar-refractivity contribution in [3.8, 4) is 0 Å². The van der Waals surface area contributed by atoms with Crippen LogP contribution in [0, 0.1) is 0 Å². The first kappa shape index (κ1) is 17.2. The van der Waals surface area contributed by atoms with Crippen molar-refractivity contribution < 1.29 is 4.79 Å². The van der Waals surface area contributed by atoms with E-state index < -0.39 is 0 Å². The maximum Gasteiger partial charge on any atom is 0.156 e. The Bertz CT molecular complexity index is 1290. The molecular weight excluding hydrogens is 364 g/mol. The number of Topliss-reactive ketones (excluding diaryl/α,β-unsaturated/α-hetero) is 1. The summed E-state index contributed by atoms with van der Waals surface area (Å²) < 4.78 is 0. The number of carbonyl (C=O) groups excluding carboxylic acids is 1. The Hall–Kier alpha value is -3.71. The van der Waals surface area contributed by atoms with Crippen molar-refractivity contribution in [3.05, 3.63) is 131 Å². The lowest BCUT2D eigenvalue weighted by Crippen LogP contribution is -2.13. The van der Waals surface area contributed by atoms with E-state index in [9.17, 15) is 4.79 Å². The molecule has 30 heavy (non-hydrogen) atoms. The van der Waals surface area contributed by atoms with Gasteiger partial charge in [-0.05, 0) is 43.8 Å². The molecule has 0 aliphatic heterocycles. The first-order chi connectivity index (χ1) is 14.8. The zero-order valence-electron chi connectivity index (χ0n) is 16.5. The van der Waals surface area contributed by atoms with Gasteiger partial charge in [-0.2, -0.15) is 0 Å². The average molecular weight is 384 g/mol. The molecule has 2 atom stereocenters. The summed E-state index contributed by atoms with van der Waals surface area (Å²) in [5.41, 5.74) is 4.49. The molecule has 0 amide bonds. The SMILES string of the molecule is O=C1[C@@H](c2ccccc2)c2c(c3ccccc3c3ccccc23)[C@@H]1c1ccccc1. The summed E-state index contributed by atoms with van der Waals surface area (Å²) in [7, 11) is 0. The van der Waals surface area contributed by atoms with Gasteiger partial charge in [0.1, 0.15) is 0 Å². The molecule has 1 aliphatic carbocycles. The Kier molecular flexibility index (Phi) is 3.82. The molecule has 0 spiro atoms. The van der Waals surface area contributed by atoms with Gasteiger partial charge in [-0.1, -0.05) is 109 Å². The van der Waals surface area contributed by atoms with Crippen molar-refractivity contribution in [1.82, 2.24) is 0 Å². The number of ketones is 1. The van der Waals surface area contributed by atoms with E-state index in [-0.39, 0.29) is 17.6 Å². The first-order valence-corrected chi connectivity index (χ1v) is 10.4. The molecule has 0 bridgehead atoms. The Morgan fingerprint density at radius 3 is 1.13 bits per heavy atom. The Balaban J connectivity index is 1.79. The minimum Gasteiger partial charge on any atom is -0.298 e. The monoisotopic (exact) mass is 384 g/mol. The molecule has 1 heteroatoms. The lowest BCUT2D eigenvalue weighted by atomic mass is 9.86. The molecule has 0 aromatic heterocycles. The molecule has 6 rings (SSSR count). The summed E-state index contributed by atoms with van der Waals surface area (Å²) in [5, 5.41) is 4.81. The van der Waals surface area contributed by atoms with Crippen LogP contribution < -0.4 is 0 Å². The van der Waals surface area contributed by atoms with Gasteiger partial charge in [0.25, 0.3) is 0 Å². The van der Waals surface area contributed by atoms with E-state index in [0.29, 0.717) is 0 Å². The maximum atomic E-state index is 14.1. The average Bonchev–Trinajstić information content (AvgIpc) is 3.13. The molecule has 142 valence electrons. The zero-order valence-corrected chi connectivity index (χ0v) is 16.5. The van der Waals surface area contributed by atoms with Gasteiger partial charge in [-0.3, -0.25) is 4.79 Å². The Labute approximate surface area is 175 Å². The molecule has 0 fully saturated rings. The minimum absolute atomic E-state index is 0.249. The predicted molar refractivity (Wildman–Crippen MR) is 123 cm³/mol. The molecule has 1 nitrogen and oxygen atoms in total. The first-order valence-electron chi connectivity index (χ1n) is 10.4. The molecule has 0 heterocycles. The second kappa shape index (κ2) is 6.67. The number of benzene rings is 5. The molecule has 0 N–H and O–H groups in total. The van der Waals surface area contributed by atoms with Gasteiger partial charge >= 0.3 is 0 Å². The van der Waals surface area contributed by atoms with Crippen molar-refractivity contribution in [3.63, 3.8) is 0 Å². The van der Waals surface area contributed by atoms with Crippen molar-refractivity contribution in [1.29, 1.82) is 0 Å². The van der Waals surface area contributed by atoms with Gasteiger partial charge in [-0.15, -0.1) is 0 Å². The van der Waals surface area contributed by atoms with Crippen LogP contribution in [0.3, 0.4) is 0 Å². The molecule has 1 aliphatic rings. The highest BCUT2D eigenvalue weighted by Gasteiger charge is 2.43. The zero-order chi connectivity index (χ0) is 20.1. The van der Waals surface area contributed by atoms with E-state index in [1.54, 1.807) is 0 Å². The van der Waals surface area contributed by atoms with E-state index in [1.165, 1.54) is 32.7 Å². The second-order valence-electron chi connectivity index (χ2n) is 8.01. The van der Waals surface area contributed by atoms with Crippen molar-refractivity contribution in [2.24, 2.45) is 0 Å². The molecular formula is C29H20O. The fourth-order valence-corrected chi connectivity index (χ4v) is 5.22. The van der Waals surface area contributed by atoms with Gasteiger partial charge in [0.05, 0.1) is 11.8 Å². The van der Waals surface area contributed by atoms with Crippen LogP contribution in [0.25, 0.3) is 21.5 Å². The molecule has 0 saturated carbocycles. The van der Waals surface area contributed by atoms with E-state index in [2.05, 4.69) is 72.8 Å². The summed E-state index contributed by atoms with van der Waals surface area (Å²) in [5.74, 6) is -0.231. The van der Waals surface area contributed by atoms with E-state index in [0.717, 1.165) is 11.1 Å². The van der Waals surface area contributed by atoms with Crippen LogP contribution in [0.5, 0.6) is 0 Å². The summed E-state index contributed by atoms with van der Waals surface area (Å²) in [6.07, 6.45) is 0. The lowest BCUT2D eigenvalue weighted by Gasteiger charge is -2.17. The van der Waals surface area contributed by atoms with Crippen LogP contribution >= 0.6 is 0 Å². The van der Waals surface area contributed by atoms with Gasteiger partial charge < -0.3 is 0 Å². The van der Waals surface area contributed by atoms with E-state index in [4.69, 9.17) is 0 Å². The highest BCUT2D eigenvalue weighted by molar-refractivity contribution is 6.18. The van der Waals surface area contributed by atoms with Crippen molar-refractivity contribution >= 4 is 27.3 Å². The standard InChI is InChI=1S/C29H20O/c30-29-25(19-11-3-1-4-12-19)27-23-17-9-7-15-21(23)22-16-8-10-18-24(22)28(27)26(29)20-13-5-2-6-14-20/h1-18,25-26H/t25-,26-/m0/s1. The highest BCUT2D eigenvalue weighted by Crippen LogP contribution is 2.51. The number of hydrogen-bond acceptors (Lipinski definition) is 1. The summed E-state index contributed by atoms with van der Waals surface area (Å²) in [6, 6.07) is 37.5. The summed E-state index contributed by atoms with van der Waals surface area (Å²) in [4.78, 5) is 14.1. The van der Waals surface area contributed by atoms with Crippen LogP contribution in [0.15, 0.2) is 109 Å². The van der Waals surface area contributed by atoms with Crippen molar-refractivity contribution in [2.75, 3.05) is 0 Å². The van der Waals surface area contributed by atoms with Crippen LogP contribution in [-0.4, -0.2) is 5.78 Å². The van der Waals surface area contributed by atoms with Crippen LogP contribution in [0.1, 0.15) is 34.1 Å². The van der Waals surface area contributed by atoms with Gasteiger partial charge in [0, 0.05) is 0 Å². The molecule has 0 unspecified atom stereocenters. The molecule has 5 aromatic rings. The summed E-state index contributed by atoms with van der Waals surface area (Å²) >= 11 is 0. The second-order valence-corrected chi connectivity index (χ2v) is 8.01. The topological polar surface area (TPSA) is 17.1 Å². The van der Waals surface area contributed by atoms with Crippen LogP contribution in [0.4, 0.5) is 0 Å². The van der Waals surface area contributed by atoms with E-state index in [1.807, 2.05) is 36.4 Å². The maximum absolute atomic E-state index is 14.1. The quantitative estimate of drug-likeness (QED) is 0.305. The van der Waals surface area contributed by atoms with E-state index >= 15 is 0 Å². The number of fused-ring (bicyclic) bond motifs is 6. The largest absolute Gasteiger partial charge is 0.298 e. The fraction of sp³-hybridized carbons (Fsp3) is 0.0690. The predicted octanol–water partition coefficient (Wildman–Crippen LogP) is 6.84. The third-order valence-corrected chi connectivity index (χ3v) is 6.43. The molecule has 0 radical (unpaired) electrons. The van der Waals surface area contributed by atoms with Gasteiger partial charge in [0.15, 0.2) is 5.78 Å². The number of hydrogen-bond donors (Lipinski definition) is 0. The van der Waals surface area contributed by atoms with Crippen LogP contribution in [0.2, 0.25) is 0 Å².